The molecule has 28 heavy (non-hydrogen) atoms. The minimum Gasteiger partial charge on any atom is -0.494 e. The van der Waals surface area contributed by atoms with Crippen LogP contribution in [0.15, 0.2) is 36.4 Å². The molecule has 1 saturated carbocycles. The Morgan fingerprint density at radius 1 is 0.964 bits per heavy atom. The number of ether oxygens (including phenoxy) is 1. The molecule has 0 aliphatic heterocycles. The lowest BCUT2D eigenvalue weighted by Crippen LogP contribution is -2.13. The second-order valence-electron chi connectivity index (χ2n) is 8.23. The van der Waals surface area contributed by atoms with Crippen molar-refractivity contribution in [3.63, 3.8) is 0 Å². The molecule has 0 heterocycles. The zero-order valence-electron chi connectivity index (χ0n) is 16.7. The van der Waals surface area contributed by atoms with Gasteiger partial charge in [-0.15, -0.1) is 0 Å². The largest absolute Gasteiger partial charge is 0.494 e. The van der Waals surface area contributed by atoms with Crippen LogP contribution in [-0.4, -0.2) is 7.11 Å². The van der Waals surface area contributed by atoms with Gasteiger partial charge in [0, 0.05) is 5.56 Å². The Balaban J connectivity index is 1.53. The Kier molecular flexibility index (Phi) is 5.52. The van der Waals surface area contributed by atoms with Crippen LogP contribution >= 0.6 is 0 Å². The second kappa shape index (κ2) is 8.06. The van der Waals surface area contributed by atoms with Crippen LogP contribution in [0.1, 0.15) is 67.2 Å². The molecule has 0 amide bonds. The van der Waals surface area contributed by atoms with Gasteiger partial charge >= 0.3 is 0 Å². The fraction of sp³-hybridized carbons (Fsp3) is 0.440. The predicted molar refractivity (Wildman–Crippen MR) is 110 cm³/mol. The number of rotatable bonds is 4. The minimum atomic E-state index is -0.360. The van der Waals surface area contributed by atoms with Gasteiger partial charge < -0.3 is 4.74 Å². The molecule has 0 spiro atoms. The Bertz CT molecular complexity index is 892. The summed E-state index contributed by atoms with van der Waals surface area (Å²) >= 11 is 0. The maximum absolute atomic E-state index is 15.0. The first-order chi connectivity index (χ1) is 13.6. The number of benzene rings is 2. The molecule has 148 valence electrons. The van der Waals surface area contributed by atoms with Gasteiger partial charge in [-0.3, -0.25) is 0 Å². The maximum atomic E-state index is 15.0. The highest BCUT2D eigenvalue weighted by atomic mass is 19.1. The highest BCUT2D eigenvalue weighted by Gasteiger charge is 2.23. The van der Waals surface area contributed by atoms with Crippen molar-refractivity contribution in [2.24, 2.45) is 5.92 Å². The quantitative estimate of drug-likeness (QED) is 0.562. The van der Waals surface area contributed by atoms with E-state index in [1.807, 2.05) is 6.07 Å². The van der Waals surface area contributed by atoms with Gasteiger partial charge in [0.15, 0.2) is 11.6 Å². The smallest absolute Gasteiger partial charge is 0.165 e. The van der Waals surface area contributed by atoms with E-state index in [9.17, 15) is 8.78 Å². The van der Waals surface area contributed by atoms with Gasteiger partial charge in [0.05, 0.1) is 7.11 Å². The molecule has 2 aliphatic rings. The average molecular weight is 382 g/mol. The van der Waals surface area contributed by atoms with E-state index in [0.717, 1.165) is 41.0 Å². The molecule has 2 aromatic carbocycles. The summed E-state index contributed by atoms with van der Waals surface area (Å²) < 4.78 is 34.1. The summed E-state index contributed by atoms with van der Waals surface area (Å²) in [6.07, 6.45) is 9.36. The van der Waals surface area contributed by atoms with Crippen LogP contribution in [0.5, 0.6) is 5.75 Å². The first-order valence-electron chi connectivity index (χ1n) is 10.4. The number of allylic oxidation sites excluding steroid dienone is 2. The van der Waals surface area contributed by atoms with Crippen molar-refractivity contribution in [2.75, 3.05) is 7.11 Å². The fourth-order valence-electron chi connectivity index (χ4n) is 4.81. The molecular weight excluding hydrogens is 354 g/mol. The van der Waals surface area contributed by atoms with Gasteiger partial charge in [-0.1, -0.05) is 31.6 Å². The highest BCUT2D eigenvalue weighted by Crippen LogP contribution is 2.38. The molecular formula is C25H28F2O. The van der Waals surface area contributed by atoms with Crippen LogP contribution in [0.2, 0.25) is 0 Å². The number of hydrogen-bond acceptors (Lipinski definition) is 1. The summed E-state index contributed by atoms with van der Waals surface area (Å²) in [6.45, 7) is 2.26. The van der Waals surface area contributed by atoms with Gasteiger partial charge in [-0.05, 0) is 90.8 Å². The number of hydrogen-bond donors (Lipinski definition) is 0. The minimum absolute atomic E-state index is 0.154. The van der Waals surface area contributed by atoms with E-state index < -0.39 is 0 Å². The van der Waals surface area contributed by atoms with E-state index in [-0.39, 0.29) is 17.4 Å². The Morgan fingerprint density at radius 2 is 1.75 bits per heavy atom. The molecule has 0 atom stereocenters. The van der Waals surface area contributed by atoms with Gasteiger partial charge in [-0.25, -0.2) is 8.78 Å². The number of fused-ring (bicyclic) bond motifs is 1. The number of halogens is 2. The average Bonchev–Trinajstić information content (AvgIpc) is 2.73. The van der Waals surface area contributed by atoms with Gasteiger partial charge in [-0.2, -0.15) is 0 Å². The lowest BCUT2D eigenvalue weighted by molar-refractivity contribution is 0.318. The second-order valence-corrected chi connectivity index (χ2v) is 8.23. The van der Waals surface area contributed by atoms with Crippen molar-refractivity contribution in [1.82, 2.24) is 0 Å². The van der Waals surface area contributed by atoms with Crippen molar-refractivity contribution in [1.29, 1.82) is 0 Å². The fourth-order valence-corrected chi connectivity index (χ4v) is 4.81. The van der Waals surface area contributed by atoms with Crippen LogP contribution in [0, 0.1) is 17.6 Å². The molecule has 0 unspecified atom stereocenters. The molecule has 0 bridgehead atoms. The summed E-state index contributed by atoms with van der Waals surface area (Å²) in [5.41, 5.74) is 4.68. The van der Waals surface area contributed by atoms with Gasteiger partial charge in [0.25, 0.3) is 0 Å². The van der Waals surface area contributed by atoms with E-state index >= 15 is 0 Å². The summed E-state index contributed by atoms with van der Waals surface area (Å²) in [7, 11) is 1.47. The monoisotopic (exact) mass is 382 g/mol. The molecule has 2 aromatic rings. The van der Waals surface area contributed by atoms with Crippen LogP contribution in [0.25, 0.3) is 5.57 Å². The normalized spacial score (nSPS) is 21.8. The Hall–Kier alpha value is -2.16. The molecule has 2 aliphatic carbocycles. The lowest BCUT2D eigenvalue weighted by atomic mass is 9.77. The van der Waals surface area contributed by atoms with Crippen LogP contribution < -0.4 is 4.74 Å². The molecule has 1 nitrogen and oxygen atoms in total. The third kappa shape index (κ3) is 3.72. The van der Waals surface area contributed by atoms with E-state index in [2.05, 4.69) is 19.1 Å². The van der Waals surface area contributed by atoms with Crippen LogP contribution in [0.3, 0.4) is 0 Å². The molecule has 0 radical (unpaired) electrons. The SMILES string of the molecule is CCC1CCC(c2ccc(C3=CCc4cc(OC)c(F)cc4C3)c(F)c2)CC1. The molecule has 0 N–H and O–H groups in total. The van der Waals surface area contributed by atoms with Crippen molar-refractivity contribution in [3.8, 4) is 5.75 Å². The zero-order valence-corrected chi connectivity index (χ0v) is 16.7. The number of methoxy groups -OCH3 is 1. The van der Waals surface area contributed by atoms with E-state index in [4.69, 9.17) is 4.74 Å². The topological polar surface area (TPSA) is 9.23 Å². The first kappa shape index (κ1) is 19.2. The predicted octanol–water partition coefficient (Wildman–Crippen LogP) is 6.84. The molecule has 0 saturated heterocycles. The third-order valence-electron chi connectivity index (χ3n) is 6.66. The molecule has 4 rings (SSSR count). The lowest BCUT2D eigenvalue weighted by Gasteiger charge is -2.28. The van der Waals surface area contributed by atoms with Crippen molar-refractivity contribution < 1.29 is 13.5 Å². The van der Waals surface area contributed by atoms with Crippen molar-refractivity contribution >= 4 is 5.57 Å². The van der Waals surface area contributed by atoms with Crippen molar-refractivity contribution in [3.05, 3.63) is 70.3 Å². The summed E-state index contributed by atoms with van der Waals surface area (Å²) in [5, 5.41) is 0. The highest BCUT2D eigenvalue weighted by molar-refractivity contribution is 5.71. The summed E-state index contributed by atoms with van der Waals surface area (Å²) in [5.74, 6) is 1.07. The van der Waals surface area contributed by atoms with E-state index in [0.29, 0.717) is 24.3 Å². The third-order valence-corrected chi connectivity index (χ3v) is 6.66. The first-order valence-corrected chi connectivity index (χ1v) is 10.4. The zero-order chi connectivity index (χ0) is 19.7. The Labute approximate surface area is 166 Å². The summed E-state index contributed by atoms with van der Waals surface area (Å²) in [4.78, 5) is 0. The van der Waals surface area contributed by atoms with Crippen molar-refractivity contribution in [2.45, 2.75) is 57.8 Å². The molecule has 1 fully saturated rings. The maximum Gasteiger partial charge on any atom is 0.165 e. The molecule has 3 heteroatoms. The van der Waals surface area contributed by atoms with E-state index in [1.165, 1.54) is 32.4 Å². The summed E-state index contributed by atoms with van der Waals surface area (Å²) in [6, 6.07) is 9.04. The van der Waals surface area contributed by atoms with Gasteiger partial charge in [0.1, 0.15) is 5.82 Å². The Morgan fingerprint density at radius 3 is 2.43 bits per heavy atom. The van der Waals surface area contributed by atoms with Gasteiger partial charge in [0.2, 0.25) is 0 Å². The standard InChI is InChI=1S/C25H28F2O/c1-3-16-4-6-17(7-5-16)18-10-11-22(23(26)13-18)20-9-8-19-15-25(28-2)24(27)14-21(19)12-20/h9-11,13-17H,3-8,12H2,1-2H3. The van der Waals surface area contributed by atoms with Crippen LogP contribution in [-0.2, 0) is 12.8 Å². The molecule has 0 aromatic heterocycles. The van der Waals surface area contributed by atoms with Crippen LogP contribution in [0.4, 0.5) is 8.78 Å². The van der Waals surface area contributed by atoms with E-state index in [1.54, 1.807) is 12.1 Å².